The van der Waals surface area contributed by atoms with Crippen molar-refractivity contribution in [2.45, 2.75) is 0 Å². The maximum atomic E-state index is 13.2. The number of hydrogen-bond acceptors (Lipinski definition) is 2. The summed E-state index contributed by atoms with van der Waals surface area (Å²) in [7, 11) is 1.50. The molecule has 22 heavy (non-hydrogen) atoms. The van der Waals surface area contributed by atoms with Gasteiger partial charge in [-0.2, -0.15) is 0 Å². The largest absolute Gasteiger partial charge is 0.307 e. The van der Waals surface area contributed by atoms with Crippen molar-refractivity contribution in [3.05, 3.63) is 70.4 Å². The topological polar surface area (TPSA) is 39.1 Å². The molecule has 3 nitrogen and oxygen atoms in total. The van der Waals surface area contributed by atoms with E-state index < -0.39 is 5.24 Å². The molecule has 0 atom stereocenters. The molecule has 0 saturated heterocycles. The second kappa shape index (κ2) is 5.39. The Kier molecular flexibility index (Phi) is 3.54. The SMILES string of the molecule is Cn1c(C(=O)Cl)c(-c2ccc(F)cc2)c2ccccc2c1=O. The number of hydrogen-bond donors (Lipinski definition) is 0. The van der Waals surface area contributed by atoms with Gasteiger partial charge in [0, 0.05) is 18.0 Å². The number of nitrogens with zero attached hydrogens (tertiary/aromatic N) is 1. The molecule has 1 aromatic heterocycles. The Morgan fingerprint density at radius 3 is 2.23 bits per heavy atom. The number of pyridine rings is 1. The molecule has 5 heteroatoms. The summed E-state index contributed by atoms with van der Waals surface area (Å²) in [6.07, 6.45) is 0. The highest BCUT2D eigenvalue weighted by Crippen LogP contribution is 2.31. The summed E-state index contributed by atoms with van der Waals surface area (Å²) in [6, 6.07) is 12.7. The first kappa shape index (κ1) is 14.5. The molecule has 0 unspecified atom stereocenters. The zero-order valence-electron chi connectivity index (χ0n) is 11.6. The van der Waals surface area contributed by atoms with Crippen molar-refractivity contribution in [2.24, 2.45) is 7.05 Å². The predicted molar refractivity (Wildman–Crippen MR) is 84.8 cm³/mol. The highest BCUT2D eigenvalue weighted by molar-refractivity contribution is 6.68. The molecule has 0 aliphatic rings. The second-order valence-electron chi connectivity index (χ2n) is 4.91. The molecule has 0 spiro atoms. The van der Waals surface area contributed by atoms with Gasteiger partial charge in [-0.3, -0.25) is 9.59 Å². The van der Waals surface area contributed by atoms with Crippen LogP contribution in [0.2, 0.25) is 0 Å². The standard InChI is InChI=1S/C17H11ClFNO2/c1-20-15(16(18)21)14(10-6-8-11(19)9-7-10)12-4-2-3-5-13(12)17(20)22/h2-9H,1H3. The molecule has 1 heterocycles. The molecule has 110 valence electrons. The number of rotatable bonds is 2. The fourth-order valence-electron chi connectivity index (χ4n) is 2.60. The molecular weight excluding hydrogens is 305 g/mol. The Morgan fingerprint density at radius 1 is 1.05 bits per heavy atom. The first-order chi connectivity index (χ1) is 10.5. The molecule has 0 aliphatic heterocycles. The Balaban J connectivity index is 2.53. The lowest BCUT2D eigenvalue weighted by molar-refractivity contribution is 0.107. The van der Waals surface area contributed by atoms with Crippen LogP contribution in [0.3, 0.4) is 0 Å². The summed E-state index contributed by atoms with van der Waals surface area (Å²) in [5.74, 6) is -0.378. The van der Waals surface area contributed by atoms with Crippen LogP contribution >= 0.6 is 11.6 Å². The normalized spacial score (nSPS) is 10.9. The minimum Gasteiger partial charge on any atom is -0.307 e. The molecule has 0 amide bonds. The summed E-state index contributed by atoms with van der Waals surface area (Å²) in [6.45, 7) is 0. The van der Waals surface area contributed by atoms with Gasteiger partial charge in [-0.1, -0.05) is 30.3 Å². The van der Waals surface area contributed by atoms with E-state index >= 15 is 0 Å². The number of benzene rings is 2. The number of halogens is 2. The van der Waals surface area contributed by atoms with Crippen LogP contribution < -0.4 is 5.56 Å². The minimum absolute atomic E-state index is 0.0944. The van der Waals surface area contributed by atoms with Crippen LogP contribution in [0.5, 0.6) is 0 Å². The fraction of sp³-hybridized carbons (Fsp3) is 0.0588. The van der Waals surface area contributed by atoms with E-state index in [0.29, 0.717) is 21.9 Å². The predicted octanol–water partition coefficient (Wildman–Crippen LogP) is 3.72. The minimum atomic E-state index is -0.732. The highest BCUT2D eigenvalue weighted by atomic mass is 35.5. The Hall–Kier alpha value is -2.46. The molecule has 0 fully saturated rings. The number of fused-ring (bicyclic) bond motifs is 1. The van der Waals surface area contributed by atoms with Crippen LogP contribution in [0.1, 0.15) is 10.5 Å². The van der Waals surface area contributed by atoms with Gasteiger partial charge in [-0.15, -0.1) is 0 Å². The van der Waals surface area contributed by atoms with Crippen LogP contribution in [-0.4, -0.2) is 9.81 Å². The summed E-state index contributed by atoms with van der Waals surface area (Å²) in [5.41, 5.74) is 0.942. The van der Waals surface area contributed by atoms with Crippen molar-refractivity contribution in [2.75, 3.05) is 0 Å². The zero-order chi connectivity index (χ0) is 15.9. The van der Waals surface area contributed by atoms with Gasteiger partial charge in [0.1, 0.15) is 11.5 Å². The average molecular weight is 316 g/mol. The Bertz CT molecular complexity index is 945. The summed E-state index contributed by atoms with van der Waals surface area (Å²) in [4.78, 5) is 24.2. The monoisotopic (exact) mass is 315 g/mol. The highest BCUT2D eigenvalue weighted by Gasteiger charge is 2.20. The van der Waals surface area contributed by atoms with E-state index in [1.54, 1.807) is 36.4 Å². The molecule has 0 bridgehead atoms. The van der Waals surface area contributed by atoms with E-state index in [1.165, 1.54) is 23.7 Å². The summed E-state index contributed by atoms with van der Waals surface area (Å²) in [5, 5.41) is 0.358. The van der Waals surface area contributed by atoms with E-state index in [0.717, 1.165) is 0 Å². The molecule has 3 rings (SSSR count). The first-order valence-electron chi connectivity index (χ1n) is 6.58. The van der Waals surface area contributed by atoms with E-state index in [-0.39, 0.29) is 17.1 Å². The molecule has 0 aliphatic carbocycles. The molecular formula is C17H11ClFNO2. The third kappa shape index (κ3) is 2.22. The Morgan fingerprint density at radius 2 is 1.64 bits per heavy atom. The van der Waals surface area contributed by atoms with Crippen molar-refractivity contribution < 1.29 is 9.18 Å². The first-order valence-corrected chi connectivity index (χ1v) is 6.96. The van der Waals surface area contributed by atoms with Crippen LogP contribution in [0, 0.1) is 5.82 Å². The van der Waals surface area contributed by atoms with Crippen molar-refractivity contribution >= 4 is 27.6 Å². The van der Waals surface area contributed by atoms with E-state index in [9.17, 15) is 14.0 Å². The molecule has 0 saturated carbocycles. The van der Waals surface area contributed by atoms with Gasteiger partial charge in [0.2, 0.25) is 0 Å². The van der Waals surface area contributed by atoms with Gasteiger partial charge in [0.15, 0.2) is 0 Å². The zero-order valence-corrected chi connectivity index (χ0v) is 12.4. The van der Waals surface area contributed by atoms with Gasteiger partial charge >= 0.3 is 0 Å². The van der Waals surface area contributed by atoms with Crippen LogP contribution in [0.25, 0.3) is 21.9 Å². The molecule has 0 radical (unpaired) electrons. The third-order valence-electron chi connectivity index (χ3n) is 3.62. The molecule has 0 N–H and O–H groups in total. The molecule has 2 aromatic carbocycles. The third-order valence-corrected chi connectivity index (χ3v) is 3.80. The van der Waals surface area contributed by atoms with Crippen molar-refractivity contribution in [3.63, 3.8) is 0 Å². The van der Waals surface area contributed by atoms with Crippen LogP contribution in [0.15, 0.2) is 53.3 Å². The number of aromatic nitrogens is 1. The van der Waals surface area contributed by atoms with E-state index in [1.807, 2.05) is 0 Å². The Labute approximate surface area is 130 Å². The van der Waals surface area contributed by atoms with Crippen molar-refractivity contribution in [1.82, 2.24) is 4.57 Å². The van der Waals surface area contributed by atoms with Gasteiger partial charge in [0.25, 0.3) is 10.8 Å². The number of carbonyl (C=O) groups is 1. The quantitative estimate of drug-likeness (QED) is 0.676. The van der Waals surface area contributed by atoms with Gasteiger partial charge in [-0.05, 0) is 40.7 Å². The van der Waals surface area contributed by atoms with Crippen LogP contribution in [0.4, 0.5) is 4.39 Å². The smallest absolute Gasteiger partial charge is 0.269 e. The molecule has 3 aromatic rings. The van der Waals surface area contributed by atoms with Crippen LogP contribution in [-0.2, 0) is 7.05 Å². The lowest BCUT2D eigenvalue weighted by Crippen LogP contribution is -2.23. The lowest BCUT2D eigenvalue weighted by atomic mass is 9.97. The maximum Gasteiger partial charge on any atom is 0.269 e. The fourth-order valence-corrected chi connectivity index (χ4v) is 2.83. The summed E-state index contributed by atoms with van der Waals surface area (Å²) < 4.78 is 14.4. The van der Waals surface area contributed by atoms with Gasteiger partial charge < -0.3 is 4.57 Å². The van der Waals surface area contributed by atoms with Gasteiger partial charge in [-0.25, -0.2) is 4.39 Å². The average Bonchev–Trinajstić information content (AvgIpc) is 2.51. The van der Waals surface area contributed by atoms with E-state index in [4.69, 9.17) is 11.6 Å². The maximum absolute atomic E-state index is 13.2. The van der Waals surface area contributed by atoms with Crippen molar-refractivity contribution in [3.8, 4) is 11.1 Å². The van der Waals surface area contributed by atoms with Crippen molar-refractivity contribution in [1.29, 1.82) is 0 Å². The lowest BCUT2D eigenvalue weighted by Gasteiger charge is -2.14. The number of carbonyl (C=O) groups excluding carboxylic acids is 1. The second-order valence-corrected chi connectivity index (χ2v) is 5.26. The summed E-state index contributed by atoms with van der Waals surface area (Å²) >= 11 is 5.69. The van der Waals surface area contributed by atoms with Gasteiger partial charge in [0.05, 0.1) is 0 Å². The van der Waals surface area contributed by atoms with E-state index in [2.05, 4.69) is 0 Å².